The van der Waals surface area contributed by atoms with Gasteiger partial charge in [0.2, 0.25) is 0 Å². The Kier molecular flexibility index (Phi) is 3.89. The van der Waals surface area contributed by atoms with E-state index in [-0.39, 0.29) is 0 Å². The fraction of sp³-hybridized carbons (Fsp3) is 0.182. The van der Waals surface area contributed by atoms with E-state index >= 15 is 0 Å². The zero-order chi connectivity index (χ0) is 8.81. The Morgan fingerprint density at radius 3 is 2.50 bits per heavy atom. The van der Waals surface area contributed by atoms with Gasteiger partial charge < -0.3 is 0 Å². The summed E-state index contributed by atoms with van der Waals surface area (Å²) in [5, 5.41) is 0. The fourth-order valence-corrected chi connectivity index (χ4v) is 1.40. The van der Waals surface area contributed by atoms with E-state index in [0.717, 1.165) is 0 Å². The van der Waals surface area contributed by atoms with Crippen LogP contribution in [-0.4, -0.2) is 5.88 Å². The summed E-state index contributed by atoms with van der Waals surface area (Å²) in [6.45, 7) is 3.66. The average molecular weight is 180 g/mol. The zero-order valence-corrected chi connectivity index (χ0v) is 7.67. The second-order valence-corrected chi connectivity index (χ2v) is 2.91. The Balaban J connectivity index is 2.80. The summed E-state index contributed by atoms with van der Waals surface area (Å²) in [6, 6.07) is 10.2. The molecule has 0 amide bonds. The minimum atomic E-state index is 0.297. The molecule has 1 aromatic carbocycles. The van der Waals surface area contributed by atoms with E-state index in [0.29, 0.717) is 11.8 Å². The van der Waals surface area contributed by atoms with Crippen molar-refractivity contribution in [3.05, 3.63) is 55.0 Å². The van der Waals surface area contributed by atoms with E-state index in [1.165, 1.54) is 5.56 Å². The van der Waals surface area contributed by atoms with Crippen molar-refractivity contribution < 1.29 is 0 Å². The summed E-state index contributed by atoms with van der Waals surface area (Å²) in [6.07, 6.45) is 3.81. The van der Waals surface area contributed by atoms with E-state index in [2.05, 4.69) is 19.1 Å². The first-order valence-corrected chi connectivity index (χ1v) is 4.48. The molecule has 0 aliphatic heterocycles. The van der Waals surface area contributed by atoms with E-state index in [1.54, 1.807) is 6.08 Å². The lowest BCUT2D eigenvalue weighted by Crippen LogP contribution is -1.95. The molecular weight excluding hydrogens is 168 g/mol. The molecule has 1 unspecified atom stereocenters. The predicted octanol–water partition coefficient (Wildman–Crippen LogP) is 3.40. The topological polar surface area (TPSA) is 0 Å². The quantitative estimate of drug-likeness (QED) is 0.624. The molecule has 0 aliphatic carbocycles. The molecule has 0 spiro atoms. The third-order valence-corrected chi connectivity index (χ3v) is 2.09. The molecule has 0 heterocycles. The van der Waals surface area contributed by atoms with Crippen molar-refractivity contribution in [1.82, 2.24) is 0 Å². The van der Waals surface area contributed by atoms with Gasteiger partial charge in [-0.3, -0.25) is 0 Å². The van der Waals surface area contributed by atoms with Crippen molar-refractivity contribution >= 4 is 11.6 Å². The van der Waals surface area contributed by atoms with Crippen molar-refractivity contribution in [2.75, 3.05) is 5.88 Å². The van der Waals surface area contributed by atoms with E-state index in [4.69, 9.17) is 11.6 Å². The monoisotopic (exact) mass is 179 g/mol. The lowest BCUT2D eigenvalue weighted by molar-refractivity contribution is 0.977. The number of halogens is 1. The van der Waals surface area contributed by atoms with Crippen LogP contribution in [0.5, 0.6) is 0 Å². The van der Waals surface area contributed by atoms with Gasteiger partial charge in [0.25, 0.3) is 0 Å². The second kappa shape index (κ2) is 5.00. The first-order chi connectivity index (χ1) is 5.88. The highest BCUT2D eigenvalue weighted by Crippen LogP contribution is 2.17. The predicted molar refractivity (Wildman–Crippen MR) is 54.4 cm³/mol. The third kappa shape index (κ3) is 2.38. The summed E-state index contributed by atoms with van der Waals surface area (Å²) in [5.74, 6) is 0.904. The first-order valence-electron chi connectivity index (χ1n) is 3.95. The normalized spacial score (nSPS) is 13.5. The molecule has 0 bridgehead atoms. The van der Waals surface area contributed by atoms with Crippen LogP contribution in [0.25, 0.3) is 0 Å². The van der Waals surface area contributed by atoms with Crippen LogP contribution in [0.3, 0.4) is 0 Å². The Bertz CT molecular complexity index is 238. The summed E-state index contributed by atoms with van der Waals surface area (Å²) < 4.78 is 0. The van der Waals surface area contributed by atoms with Crippen molar-refractivity contribution in [3.8, 4) is 0 Å². The van der Waals surface area contributed by atoms with E-state index in [9.17, 15) is 0 Å². The number of rotatable bonds is 3. The van der Waals surface area contributed by atoms with Gasteiger partial charge in [0, 0.05) is 11.8 Å². The zero-order valence-electron chi connectivity index (χ0n) is 6.91. The van der Waals surface area contributed by atoms with Gasteiger partial charge in [-0.15, -0.1) is 11.6 Å². The Labute approximate surface area is 78.9 Å². The number of hydrogen-bond donors (Lipinski definition) is 0. The van der Waals surface area contributed by atoms with E-state index in [1.807, 2.05) is 24.3 Å². The van der Waals surface area contributed by atoms with Gasteiger partial charge in [0.15, 0.2) is 0 Å². The highest BCUT2D eigenvalue weighted by molar-refractivity contribution is 6.18. The fourth-order valence-electron chi connectivity index (χ4n) is 1.12. The summed E-state index contributed by atoms with van der Waals surface area (Å²) in [7, 11) is 0. The average Bonchev–Trinajstić information content (AvgIpc) is 2.15. The van der Waals surface area contributed by atoms with Gasteiger partial charge in [-0.25, -0.2) is 0 Å². The van der Waals surface area contributed by atoms with E-state index < -0.39 is 0 Å². The molecule has 1 radical (unpaired) electrons. The third-order valence-electron chi connectivity index (χ3n) is 1.76. The van der Waals surface area contributed by atoms with Crippen LogP contribution in [0.2, 0.25) is 0 Å². The molecule has 0 fully saturated rings. The molecule has 1 rings (SSSR count). The van der Waals surface area contributed by atoms with Crippen molar-refractivity contribution in [2.45, 2.75) is 5.92 Å². The van der Waals surface area contributed by atoms with Gasteiger partial charge >= 0.3 is 0 Å². The van der Waals surface area contributed by atoms with Gasteiger partial charge in [0.1, 0.15) is 0 Å². The smallest absolute Gasteiger partial charge is 0.0327 e. The lowest BCUT2D eigenvalue weighted by atomic mass is 10.0. The molecule has 0 saturated heterocycles. The Morgan fingerprint density at radius 2 is 2.00 bits per heavy atom. The molecule has 0 aromatic heterocycles. The number of hydrogen-bond acceptors (Lipinski definition) is 0. The standard InChI is InChI=1S/C11H12Cl/c1-2-6-11(9-12)10-7-4-3-5-8-10/h2-8,11H,1,9H2. The maximum atomic E-state index is 5.80. The summed E-state index contributed by atoms with van der Waals surface area (Å²) >= 11 is 5.80. The van der Waals surface area contributed by atoms with Crippen LogP contribution in [0.4, 0.5) is 0 Å². The minimum Gasteiger partial charge on any atom is -0.126 e. The number of allylic oxidation sites excluding steroid dienone is 2. The molecular formula is C11H12Cl. The van der Waals surface area contributed by atoms with Crippen LogP contribution in [0.15, 0.2) is 42.5 Å². The molecule has 0 nitrogen and oxygen atoms in total. The number of alkyl halides is 1. The van der Waals surface area contributed by atoms with Gasteiger partial charge in [-0.2, -0.15) is 0 Å². The van der Waals surface area contributed by atoms with Crippen molar-refractivity contribution in [3.63, 3.8) is 0 Å². The Hall–Kier alpha value is -0.750. The van der Waals surface area contributed by atoms with Gasteiger partial charge in [-0.05, 0) is 12.5 Å². The lowest BCUT2D eigenvalue weighted by Gasteiger charge is -2.07. The van der Waals surface area contributed by atoms with Crippen molar-refractivity contribution in [1.29, 1.82) is 0 Å². The summed E-state index contributed by atoms with van der Waals surface area (Å²) in [5.41, 5.74) is 1.24. The van der Waals surface area contributed by atoms with Gasteiger partial charge in [-0.1, -0.05) is 42.5 Å². The maximum Gasteiger partial charge on any atom is 0.0327 e. The van der Waals surface area contributed by atoms with Crippen molar-refractivity contribution in [2.24, 2.45) is 0 Å². The molecule has 63 valence electrons. The molecule has 0 N–H and O–H groups in total. The molecule has 1 aromatic rings. The molecule has 12 heavy (non-hydrogen) atoms. The first kappa shape index (κ1) is 9.34. The Morgan fingerprint density at radius 1 is 1.33 bits per heavy atom. The molecule has 0 saturated carbocycles. The van der Waals surface area contributed by atoms with Crippen LogP contribution in [0, 0.1) is 6.92 Å². The summed E-state index contributed by atoms with van der Waals surface area (Å²) in [4.78, 5) is 0. The van der Waals surface area contributed by atoms with Crippen LogP contribution >= 0.6 is 11.6 Å². The highest BCUT2D eigenvalue weighted by atomic mass is 35.5. The molecule has 1 heteroatoms. The van der Waals surface area contributed by atoms with Crippen LogP contribution in [0.1, 0.15) is 11.5 Å². The molecule has 0 aliphatic rings. The number of benzene rings is 1. The maximum absolute atomic E-state index is 5.80. The second-order valence-electron chi connectivity index (χ2n) is 2.60. The highest BCUT2D eigenvalue weighted by Gasteiger charge is 2.03. The molecule has 1 atom stereocenters. The van der Waals surface area contributed by atoms with Gasteiger partial charge in [0.05, 0.1) is 0 Å². The largest absolute Gasteiger partial charge is 0.126 e. The minimum absolute atomic E-state index is 0.297. The van der Waals surface area contributed by atoms with Crippen LogP contribution in [-0.2, 0) is 0 Å². The van der Waals surface area contributed by atoms with Crippen LogP contribution < -0.4 is 0 Å². The SMILES string of the molecule is [CH2]C=CC(CCl)c1ccccc1.